The molecule has 0 saturated carbocycles. The lowest BCUT2D eigenvalue weighted by Gasteiger charge is -2.18. The number of pyridine rings is 2. The summed E-state index contributed by atoms with van der Waals surface area (Å²) in [5.74, 6) is -0.0630. The monoisotopic (exact) mass is 277 g/mol. The van der Waals surface area contributed by atoms with Crippen LogP contribution in [0.15, 0.2) is 55.0 Å². The lowest BCUT2D eigenvalue weighted by Crippen LogP contribution is -2.27. The normalized spacial score (nSPS) is 10.6. The average Bonchev–Trinajstić information content (AvgIpc) is 2.53. The van der Waals surface area contributed by atoms with Crippen molar-refractivity contribution in [3.8, 4) is 0 Å². The highest BCUT2D eigenvalue weighted by Gasteiger charge is 2.16. The summed E-state index contributed by atoms with van der Waals surface area (Å²) in [7, 11) is 1.76. The second kappa shape index (κ2) is 5.32. The second-order valence-corrected chi connectivity index (χ2v) is 4.94. The number of aromatic nitrogens is 2. The molecule has 0 N–H and O–H groups in total. The van der Waals surface area contributed by atoms with E-state index in [1.165, 1.54) is 0 Å². The average molecular weight is 277 g/mol. The SMILES string of the molecule is Cc1cnccc1C(=O)N(C)c1cnc2ccccc2c1. The summed E-state index contributed by atoms with van der Waals surface area (Å²) in [6.07, 6.45) is 5.04. The number of hydrogen-bond donors (Lipinski definition) is 0. The highest BCUT2D eigenvalue weighted by atomic mass is 16.2. The predicted octanol–water partition coefficient (Wildman–Crippen LogP) is 3.21. The second-order valence-electron chi connectivity index (χ2n) is 4.94. The number of carbonyl (C=O) groups excluding carboxylic acids is 1. The van der Waals surface area contributed by atoms with Gasteiger partial charge in [0.15, 0.2) is 0 Å². The van der Waals surface area contributed by atoms with Gasteiger partial charge < -0.3 is 4.90 Å². The summed E-state index contributed by atoms with van der Waals surface area (Å²) in [5.41, 5.74) is 3.21. The largest absolute Gasteiger partial charge is 0.310 e. The molecule has 0 radical (unpaired) electrons. The van der Waals surface area contributed by atoms with Crippen LogP contribution in [0.3, 0.4) is 0 Å². The Bertz CT molecular complexity index is 814. The van der Waals surface area contributed by atoms with E-state index in [-0.39, 0.29) is 5.91 Å². The molecule has 3 rings (SSSR count). The van der Waals surface area contributed by atoms with Crippen LogP contribution in [0.25, 0.3) is 10.9 Å². The molecule has 3 aromatic rings. The quantitative estimate of drug-likeness (QED) is 0.722. The summed E-state index contributed by atoms with van der Waals surface area (Å²) >= 11 is 0. The number of aryl methyl sites for hydroxylation is 1. The van der Waals surface area contributed by atoms with Crippen LogP contribution >= 0.6 is 0 Å². The first-order chi connectivity index (χ1) is 10.2. The van der Waals surface area contributed by atoms with E-state index in [1.807, 2.05) is 37.3 Å². The van der Waals surface area contributed by atoms with Crippen LogP contribution in [0, 0.1) is 6.92 Å². The minimum absolute atomic E-state index is 0.0630. The molecule has 4 nitrogen and oxygen atoms in total. The molecule has 0 aliphatic rings. The fourth-order valence-corrected chi connectivity index (χ4v) is 2.25. The van der Waals surface area contributed by atoms with Gasteiger partial charge in [0.2, 0.25) is 0 Å². The molecule has 104 valence electrons. The lowest BCUT2D eigenvalue weighted by molar-refractivity contribution is 0.0992. The third kappa shape index (κ3) is 2.48. The van der Waals surface area contributed by atoms with Crippen molar-refractivity contribution in [2.45, 2.75) is 6.92 Å². The van der Waals surface area contributed by atoms with Crippen LogP contribution < -0.4 is 4.90 Å². The number of hydrogen-bond acceptors (Lipinski definition) is 3. The highest BCUT2D eigenvalue weighted by Crippen LogP contribution is 2.21. The molecule has 0 saturated heterocycles. The number of benzene rings is 1. The Kier molecular flexibility index (Phi) is 3.36. The lowest BCUT2D eigenvalue weighted by atomic mass is 10.1. The molecule has 1 amide bonds. The first-order valence-corrected chi connectivity index (χ1v) is 6.70. The maximum atomic E-state index is 12.6. The fourth-order valence-electron chi connectivity index (χ4n) is 2.25. The van der Waals surface area contributed by atoms with Gasteiger partial charge in [0.25, 0.3) is 5.91 Å². The minimum Gasteiger partial charge on any atom is -0.310 e. The first-order valence-electron chi connectivity index (χ1n) is 6.70. The number of para-hydroxylation sites is 1. The summed E-state index contributed by atoms with van der Waals surface area (Å²) in [4.78, 5) is 22.6. The van der Waals surface area contributed by atoms with Gasteiger partial charge in [-0.3, -0.25) is 14.8 Å². The molecule has 0 aliphatic heterocycles. The van der Waals surface area contributed by atoms with Crippen LogP contribution in [0.1, 0.15) is 15.9 Å². The molecular weight excluding hydrogens is 262 g/mol. The number of fused-ring (bicyclic) bond motifs is 1. The molecular formula is C17H15N3O. The predicted molar refractivity (Wildman–Crippen MR) is 83.5 cm³/mol. The third-order valence-electron chi connectivity index (χ3n) is 3.52. The Balaban J connectivity index is 1.98. The Labute approximate surface area is 123 Å². The van der Waals surface area contributed by atoms with E-state index in [2.05, 4.69) is 9.97 Å². The van der Waals surface area contributed by atoms with Gasteiger partial charge in [0.05, 0.1) is 17.4 Å². The van der Waals surface area contributed by atoms with E-state index in [0.717, 1.165) is 22.2 Å². The zero-order valence-corrected chi connectivity index (χ0v) is 11.9. The number of rotatable bonds is 2. The van der Waals surface area contributed by atoms with E-state index >= 15 is 0 Å². The van der Waals surface area contributed by atoms with E-state index in [4.69, 9.17) is 0 Å². The van der Waals surface area contributed by atoms with E-state index in [0.29, 0.717) is 5.56 Å². The molecule has 0 spiro atoms. The Morgan fingerprint density at radius 1 is 1.14 bits per heavy atom. The smallest absolute Gasteiger partial charge is 0.258 e. The highest BCUT2D eigenvalue weighted by molar-refractivity contribution is 6.07. The van der Waals surface area contributed by atoms with Crippen LogP contribution in [0.2, 0.25) is 0 Å². The van der Waals surface area contributed by atoms with E-state index in [1.54, 1.807) is 36.6 Å². The summed E-state index contributed by atoms with van der Waals surface area (Å²) in [6, 6.07) is 11.6. The fraction of sp³-hybridized carbons (Fsp3) is 0.118. The van der Waals surface area contributed by atoms with Crippen molar-refractivity contribution in [2.75, 3.05) is 11.9 Å². The number of nitrogens with zero attached hydrogens (tertiary/aromatic N) is 3. The Morgan fingerprint density at radius 3 is 2.76 bits per heavy atom. The molecule has 0 bridgehead atoms. The summed E-state index contributed by atoms with van der Waals surface area (Å²) < 4.78 is 0. The number of amides is 1. The minimum atomic E-state index is -0.0630. The van der Waals surface area contributed by atoms with Crippen LogP contribution in [0.4, 0.5) is 5.69 Å². The van der Waals surface area contributed by atoms with Gasteiger partial charge in [-0.15, -0.1) is 0 Å². The van der Waals surface area contributed by atoms with Gasteiger partial charge in [-0.25, -0.2) is 0 Å². The number of anilines is 1. The van der Waals surface area contributed by atoms with Crippen molar-refractivity contribution in [1.29, 1.82) is 0 Å². The zero-order chi connectivity index (χ0) is 14.8. The zero-order valence-electron chi connectivity index (χ0n) is 11.9. The third-order valence-corrected chi connectivity index (χ3v) is 3.52. The number of carbonyl (C=O) groups is 1. The molecule has 4 heteroatoms. The maximum Gasteiger partial charge on any atom is 0.258 e. The molecule has 0 aliphatic carbocycles. The summed E-state index contributed by atoms with van der Waals surface area (Å²) in [5, 5.41) is 1.01. The molecule has 0 atom stereocenters. The van der Waals surface area contributed by atoms with Crippen LogP contribution in [0.5, 0.6) is 0 Å². The van der Waals surface area contributed by atoms with Crippen molar-refractivity contribution < 1.29 is 4.79 Å². The summed E-state index contributed by atoms with van der Waals surface area (Å²) in [6.45, 7) is 1.88. The molecule has 1 aromatic carbocycles. The van der Waals surface area contributed by atoms with Gasteiger partial charge in [-0.2, -0.15) is 0 Å². The Morgan fingerprint density at radius 2 is 1.95 bits per heavy atom. The topological polar surface area (TPSA) is 46.1 Å². The maximum absolute atomic E-state index is 12.6. The molecule has 0 unspecified atom stereocenters. The van der Waals surface area contributed by atoms with Crippen molar-refractivity contribution in [2.24, 2.45) is 0 Å². The molecule has 2 aromatic heterocycles. The van der Waals surface area contributed by atoms with E-state index in [9.17, 15) is 4.79 Å². The van der Waals surface area contributed by atoms with Crippen molar-refractivity contribution in [3.05, 3.63) is 66.1 Å². The van der Waals surface area contributed by atoms with Gasteiger partial charge in [0.1, 0.15) is 0 Å². The van der Waals surface area contributed by atoms with Crippen molar-refractivity contribution in [1.82, 2.24) is 9.97 Å². The Hall–Kier alpha value is -2.75. The molecule has 21 heavy (non-hydrogen) atoms. The van der Waals surface area contributed by atoms with Gasteiger partial charge in [0, 0.05) is 30.4 Å². The van der Waals surface area contributed by atoms with E-state index < -0.39 is 0 Å². The van der Waals surface area contributed by atoms with Crippen molar-refractivity contribution in [3.63, 3.8) is 0 Å². The molecule has 0 fully saturated rings. The van der Waals surface area contributed by atoms with Crippen LogP contribution in [-0.4, -0.2) is 22.9 Å². The standard InChI is InChI=1S/C17H15N3O/c1-12-10-18-8-7-15(12)17(21)20(2)14-9-13-5-3-4-6-16(13)19-11-14/h3-11H,1-2H3. The van der Waals surface area contributed by atoms with Gasteiger partial charge >= 0.3 is 0 Å². The van der Waals surface area contributed by atoms with Crippen LogP contribution in [-0.2, 0) is 0 Å². The van der Waals surface area contributed by atoms with Crippen molar-refractivity contribution >= 4 is 22.5 Å². The van der Waals surface area contributed by atoms with Gasteiger partial charge in [-0.1, -0.05) is 18.2 Å². The molecule has 2 heterocycles. The first kappa shape index (κ1) is 13.2. The van der Waals surface area contributed by atoms with Gasteiger partial charge in [-0.05, 0) is 30.7 Å².